The van der Waals surface area contributed by atoms with Gasteiger partial charge in [-0.1, -0.05) is 12.1 Å². The van der Waals surface area contributed by atoms with Crippen molar-refractivity contribution in [1.29, 1.82) is 0 Å². The van der Waals surface area contributed by atoms with Crippen LogP contribution < -0.4 is 11.5 Å². The number of benzene rings is 1. The van der Waals surface area contributed by atoms with Crippen molar-refractivity contribution in [2.75, 3.05) is 0 Å². The van der Waals surface area contributed by atoms with E-state index in [0.29, 0.717) is 0 Å². The molecular formula is C11H8FN3O3. The molecule has 1 aromatic carbocycles. The molecule has 0 aliphatic heterocycles. The second-order valence-corrected chi connectivity index (χ2v) is 3.41. The van der Waals surface area contributed by atoms with Crippen LogP contribution in [0.3, 0.4) is 0 Å². The fourth-order valence-electron chi connectivity index (χ4n) is 1.40. The highest BCUT2D eigenvalue weighted by Crippen LogP contribution is 2.24. The van der Waals surface area contributed by atoms with Crippen LogP contribution in [0.2, 0.25) is 0 Å². The number of hydrogen-bond acceptors (Lipinski definition) is 4. The van der Waals surface area contributed by atoms with Crippen LogP contribution in [0.25, 0.3) is 11.5 Å². The molecule has 0 bridgehead atoms. The third-order valence-corrected chi connectivity index (χ3v) is 2.19. The monoisotopic (exact) mass is 249 g/mol. The standard InChI is InChI=1S/C11H8FN3O3/c12-6-4-2-1-3-5(6)11-15-7(9(13)16)8(18-11)10(14)17/h1-4H,(H2,13,16)(H2,14,17). The molecular weight excluding hydrogens is 241 g/mol. The third kappa shape index (κ3) is 1.93. The highest BCUT2D eigenvalue weighted by Gasteiger charge is 2.23. The van der Waals surface area contributed by atoms with E-state index < -0.39 is 29.1 Å². The Labute approximate surface area is 100 Å². The average molecular weight is 249 g/mol. The maximum atomic E-state index is 13.5. The molecule has 0 saturated heterocycles. The second-order valence-electron chi connectivity index (χ2n) is 3.41. The Kier molecular flexibility index (Phi) is 2.80. The molecule has 1 heterocycles. The van der Waals surface area contributed by atoms with Gasteiger partial charge in [-0.05, 0) is 12.1 Å². The van der Waals surface area contributed by atoms with E-state index in [1.165, 1.54) is 18.2 Å². The molecule has 2 rings (SSSR count). The lowest BCUT2D eigenvalue weighted by Gasteiger charge is -1.95. The number of nitrogens with zero attached hydrogens (tertiary/aromatic N) is 1. The van der Waals surface area contributed by atoms with Crippen molar-refractivity contribution >= 4 is 11.8 Å². The van der Waals surface area contributed by atoms with E-state index in [4.69, 9.17) is 15.9 Å². The molecule has 6 nitrogen and oxygen atoms in total. The maximum absolute atomic E-state index is 13.5. The number of carbonyl (C=O) groups excluding carboxylic acids is 2. The first-order chi connectivity index (χ1) is 8.50. The fraction of sp³-hybridized carbons (Fsp3) is 0. The summed E-state index contributed by atoms with van der Waals surface area (Å²) < 4.78 is 18.5. The molecule has 92 valence electrons. The van der Waals surface area contributed by atoms with Gasteiger partial charge in [0, 0.05) is 0 Å². The zero-order valence-corrected chi connectivity index (χ0v) is 9.01. The predicted octanol–water partition coefficient (Wildman–Crippen LogP) is 0.679. The highest BCUT2D eigenvalue weighted by molar-refractivity contribution is 6.03. The number of rotatable bonds is 3. The first-order valence-corrected chi connectivity index (χ1v) is 4.86. The lowest BCUT2D eigenvalue weighted by molar-refractivity contribution is 0.0946. The van der Waals surface area contributed by atoms with Crippen molar-refractivity contribution in [3.63, 3.8) is 0 Å². The van der Waals surface area contributed by atoms with Crippen LogP contribution in [0.5, 0.6) is 0 Å². The Morgan fingerprint density at radius 1 is 1.17 bits per heavy atom. The molecule has 0 aliphatic carbocycles. The molecule has 0 atom stereocenters. The Morgan fingerprint density at radius 3 is 2.33 bits per heavy atom. The normalized spacial score (nSPS) is 10.3. The molecule has 0 spiro atoms. The smallest absolute Gasteiger partial charge is 0.287 e. The van der Waals surface area contributed by atoms with E-state index in [1.54, 1.807) is 6.07 Å². The van der Waals surface area contributed by atoms with Gasteiger partial charge in [-0.25, -0.2) is 9.37 Å². The van der Waals surface area contributed by atoms with Crippen LogP contribution in [0, 0.1) is 5.82 Å². The van der Waals surface area contributed by atoms with Crippen molar-refractivity contribution in [3.05, 3.63) is 41.5 Å². The van der Waals surface area contributed by atoms with Crippen LogP contribution in [0.4, 0.5) is 4.39 Å². The summed E-state index contributed by atoms with van der Waals surface area (Å²) in [4.78, 5) is 25.8. The van der Waals surface area contributed by atoms with Crippen LogP contribution in [0.1, 0.15) is 21.0 Å². The molecule has 7 heteroatoms. The third-order valence-electron chi connectivity index (χ3n) is 2.19. The van der Waals surface area contributed by atoms with E-state index in [1.807, 2.05) is 0 Å². The Balaban J connectivity index is 2.61. The summed E-state index contributed by atoms with van der Waals surface area (Å²) in [6.07, 6.45) is 0. The predicted molar refractivity (Wildman–Crippen MR) is 58.9 cm³/mol. The van der Waals surface area contributed by atoms with Gasteiger partial charge in [-0.3, -0.25) is 9.59 Å². The van der Waals surface area contributed by atoms with Gasteiger partial charge in [0.2, 0.25) is 11.7 Å². The first kappa shape index (κ1) is 11.8. The largest absolute Gasteiger partial charge is 0.430 e. The molecule has 0 fully saturated rings. The van der Waals surface area contributed by atoms with E-state index in [-0.39, 0.29) is 11.5 Å². The summed E-state index contributed by atoms with van der Waals surface area (Å²) in [7, 11) is 0. The molecule has 1 aromatic heterocycles. The average Bonchev–Trinajstić information content (AvgIpc) is 2.74. The summed E-state index contributed by atoms with van der Waals surface area (Å²) in [6, 6.07) is 5.60. The number of amides is 2. The van der Waals surface area contributed by atoms with Gasteiger partial charge in [-0.15, -0.1) is 0 Å². The van der Waals surface area contributed by atoms with Gasteiger partial charge in [-0.2, -0.15) is 0 Å². The van der Waals surface area contributed by atoms with Gasteiger partial charge >= 0.3 is 0 Å². The van der Waals surface area contributed by atoms with E-state index >= 15 is 0 Å². The zero-order chi connectivity index (χ0) is 13.3. The molecule has 0 aliphatic rings. The van der Waals surface area contributed by atoms with Crippen LogP contribution >= 0.6 is 0 Å². The SMILES string of the molecule is NC(=O)c1nc(-c2ccccc2F)oc1C(N)=O. The minimum atomic E-state index is -1.00. The van der Waals surface area contributed by atoms with E-state index in [0.717, 1.165) is 0 Å². The van der Waals surface area contributed by atoms with Crippen molar-refractivity contribution in [2.24, 2.45) is 11.5 Å². The quantitative estimate of drug-likeness (QED) is 0.832. The van der Waals surface area contributed by atoms with E-state index in [2.05, 4.69) is 4.98 Å². The first-order valence-electron chi connectivity index (χ1n) is 4.86. The molecule has 0 unspecified atom stereocenters. The summed E-state index contributed by atoms with van der Waals surface area (Å²) in [5, 5.41) is 0. The molecule has 0 saturated carbocycles. The van der Waals surface area contributed by atoms with Gasteiger partial charge in [0.15, 0.2) is 5.69 Å². The van der Waals surface area contributed by atoms with E-state index in [9.17, 15) is 14.0 Å². The van der Waals surface area contributed by atoms with Crippen LogP contribution in [-0.4, -0.2) is 16.8 Å². The Morgan fingerprint density at radius 2 is 1.83 bits per heavy atom. The van der Waals surface area contributed by atoms with Gasteiger partial charge in [0.25, 0.3) is 11.8 Å². The number of carbonyl (C=O) groups is 2. The molecule has 0 radical (unpaired) electrons. The zero-order valence-electron chi connectivity index (χ0n) is 9.01. The van der Waals surface area contributed by atoms with Gasteiger partial charge in [0.1, 0.15) is 5.82 Å². The fourth-order valence-corrected chi connectivity index (χ4v) is 1.40. The number of oxazole rings is 1. The summed E-state index contributed by atoms with van der Waals surface area (Å²) in [6.45, 7) is 0. The Bertz CT molecular complexity index is 605. The molecule has 18 heavy (non-hydrogen) atoms. The van der Waals surface area contributed by atoms with Crippen molar-refractivity contribution < 1.29 is 18.4 Å². The summed E-state index contributed by atoms with van der Waals surface area (Å²) in [5.41, 5.74) is 9.62. The van der Waals surface area contributed by atoms with Crippen LogP contribution in [0.15, 0.2) is 28.7 Å². The number of primary amides is 2. The van der Waals surface area contributed by atoms with Gasteiger partial charge < -0.3 is 15.9 Å². The Hall–Kier alpha value is -2.70. The van der Waals surface area contributed by atoms with Crippen LogP contribution in [-0.2, 0) is 0 Å². The number of hydrogen-bond donors (Lipinski definition) is 2. The second kappa shape index (κ2) is 4.28. The summed E-state index contributed by atoms with van der Waals surface area (Å²) in [5.74, 6) is -3.30. The highest BCUT2D eigenvalue weighted by atomic mass is 19.1. The number of nitrogens with two attached hydrogens (primary N) is 2. The number of halogens is 1. The minimum Gasteiger partial charge on any atom is -0.430 e. The minimum absolute atomic E-state index is 0.00694. The lowest BCUT2D eigenvalue weighted by Crippen LogP contribution is -2.19. The lowest BCUT2D eigenvalue weighted by atomic mass is 10.2. The summed E-state index contributed by atoms with van der Waals surface area (Å²) >= 11 is 0. The molecule has 4 N–H and O–H groups in total. The number of aromatic nitrogens is 1. The molecule has 2 amide bonds. The topological polar surface area (TPSA) is 112 Å². The van der Waals surface area contributed by atoms with Crippen molar-refractivity contribution in [1.82, 2.24) is 4.98 Å². The maximum Gasteiger partial charge on any atom is 0.287 e. The van der Waals surface area contributed by atoms with Gasteiger partial charge in [0.05, 0.1) is 5.56 Å². The van der Waals surface area contributed by atoms with Crippen molar-refractivity contribution in [3.8, 4) is 11.5 Å². The van der Waals surface area contributed by atoms with Crippen molar-refractivity contribution in [2.45, 2.75) is 0 Å². The molecule has 2 aromatic rings.